The van der Waals surface area contributed by atoms with Crippen LogP contribution in [0.4, 0.5) is 11.4 Å². The number of aliphatic carboxylic acids is 1. The Morgan fingerprint density at radius 3 is 1.81 bits per heavy atom. The second-order valence-corrected chi connectivity index (χ2v) is 17.1. The molecule has 14 nitrogen and oxygen atoms in total. The number of β-amino-alcohol motifs (C(OH)–C–C–N with tert-alkyl or cyclic N) is 1. The van der Waals surface area contributed by atoms with Gasteiger partial charge in [-0.3, -0.25) is 24.2 Å². The summed E-state index contributed by atoms with van der Waals surface area (Å²) >= 11 is 13.9. The van der Waals surface area contributed by atoms with Gasteiger partial charge >= 0.3 is 5.97 Å². The number of fused-ring (bicyclic) bond motifs is 4. The van der Waals surface area contributed by atoms with Crippen LogP contribution in [0.25, 0.3) is 11.1 Å². The first-order chi connectivity index (χ1) is 27.3. The number of nitrogens with one attached hydrogen (secondary N) is 2. The summed E-state index contributed by atoms with van der Waals surface area (Å²) in [5, 5.41) is 35.4. The minimum Gasteiger partial charge on any atom is -0.481 e. The number of rotatable bonds is 12. The van der Waals surface area contributed by atoms with Crippen LogP contribution in [0.2, 0.25) is 10.0 Å². The van der Waals surface area contributed by atoms with Gasteiger partial charge in [0.25, 0.3) is 11.8 Å². The Kier molecular flexibility index (Phi) is 10.7. The van der Waals surface area contributed by atoms with Crippen molar-refractivity contribution in [2.45, 2.75) is 70.6 Å². The molecule has 16 heteroatoms. The van der Waals surface area contributed by atoms with Crippen LogP contribution in [0.3, 0.4) is 0 Å². The second-order valence-electron chi connectivity index (χ2n) is 16.4. The number of nitrogens with zero attached hydrogens (tertiary/aromatic N) is 6. The van der Waals surface area contributed by atoms with Crippen molar-refractivity contribution < 1.29 is 29.7 Å². The summed E-state index contributed by atoms with van der Waals surface area (Å²) in [6, 6.07) is 10.5. The Bertz CT molecular complexity index is 2250. The van der Waals surface area contributed by atoms with Crippen LogP contribution in [0, 0.1) is 10.8 Å². The molecular weight excluding hydrogens is 771 g/mol. The molecule has 302 valence electrons. The van der Waals surface area contributed by atoms with Crippen LogP contribution in [0.1, 0.15) is 82.5 Å². The topological polar surface area (TPSA) is 178 Å². The number of hydrogen-bond donors (Lipinski definition) is 5. The van der Waals surface area contributed by atoms with E-state index in [1.807, 2.05) is 16.5 Å². The summed E-state index contributed by atoms with van der Waals surface area (Å²) in [7, 11) is 3.65. The van der Waals surface area contributed by atoms with Crippen molar-refractivity contribution in [1.29, 1.82) is 0 Å². The zero-order valence-electron chi connectivity index (χ0n) is 32.2. The summed E-state index contributed by atoms with van der Waals surface area (Å²) in [6.45, 7) is 3.48. The average molecular weight is 820 g/mol. The van der Waals surface area contributed by atoms with E-state index >= 15 is 0 Å². The molecule has 4 aliphatic rings. The van der Waals surface area contributed by atoms with Gasteiger partial charge in [0.05, 0.1) is 50.9 Å². The third-order valence-electron chi connectivity index (χ3n) is 12.9. The first-order valence-corrected chi connectivity index (χ1v) is 20.3. The van der Waals surface area contributed by atoms with Crippen molar-refractivity contribution >= 4 is 52.4 Å². The number of aromatic nitrogens is 4. The number of carbonyl (C=O) groups excluding carboxylic acids is 2. The Hall–Kier alpha value is -4.31. The molecule has 0 radical (unpaired) electrons. The quantitative estimate of drug-likeness (QED) is 0.129. The lowest BCUT2D eigenvalue weighted by atomic mass is 9.80. The Morgan fingerprint density at radius 1 is 0.807 bits per heavy atom. The number of benzene rings is 2. The largest absolute Gasteiger partial charge is 0.481 e. The van der Waals surface area contributed by atoms with Gasteiger partial charge in [0.2, 0.25) is 0 Å². The maximum absolute atomic E-state index is 13.7. The Balaban J connectivity index is 0.934. The summed E-state index contributed by atoms with van der Waals surface area (Å²) < 4.78 is 3.63. The highest BCUT2D eigenvalue weighted by molar-refractivity contribution is 6.40. The summed E-state index contributed by atoms with van der Waals surface area (Å²) in [6.07, 6.45) is 5.87. The first kappa shape index (κ1) is 39.5. The lowest BCUT2D eigenvalue weighted by Crippen LogP contribution is -2.38. The maximum atomic E-state index is 13.7. The third kappa shape index (κ3) is 7.36. The normalized spacial score (nSPS) is 22.3. The molecule has 8 rings (SSSR count). The predicted octanol–water partition coefficient (Wildman–Crippen LogP) is 5.13. The molecule has 2 aromatic carbocycles. The van der Waals surface area contributed by atoms with Gasteiger partial charge in [-0.05, 0) is 62.6 Å². The molecule has 4 heterocycles. The average Bonchev–Trinajstić information content (AvgIpc) is 3.96. The van der Waals surface area contributed by atoms with Crippen LogP contribution < -0.4 is 10.6 Å². The van der Waals surface area contributed by atoms with E-state index in [1.54, 1.807) is 48.0 Å². The van der Waals surface area contributed by atoms with Crippen molar-refractivity contribution in [1.82, 2.24) is 28.9 Å². The summed E-state index contributed by atoms with van der Waals surface area (Å²) in [5.41, 5.74) is 5.06. The van der Waals surface area contributed by atoms with E-state index in [9.17, 15) is 29.7 Å². The fourth-order valence-corrected chi connectivity index (χ4v) is 10.2. The van der Waals surface area contributed by atoms with E-state index in [0.29, 0.717) is 55.1 Å². The van der Waals surface area contributed by atoms with Crippen molar-refractivity contribution in [3.05, 3.63) is 80.9 Å². The van der Waals surface area contributed by atoms with E-state index in [2.05, 4.69) is 20.5 Å². The van der Waals surface area contributed by atoms with Gasteiger partial charge in [0, 0.05) is 82.2 Å². The molecule has 1 atom stereocenters. The molecule has 0 saturated heterocycles. The van der Waals surface area contributed by atoms with Gasteiger partial charge in [-0.1, -0.05) is 47.5 Å². The van der Waals surface area contributed by atoms with Crippen LogP contribution in [-0.4, -0.2) is 101 Å². The van der Waals surface area contributed by atoms with Crippen molar-refractivity contribution in [3.8, 4) is 11.1 Å². The number of carbonyl (C=O) groups is 3. The molecule has 2 amide bonds. The van der Waals surface area contributed by atoms with Crippen LogP contribution in [-0.2, 0) is 44.8 Å². The lowest BCUT2D eigenvalue weighted by Gasteiger charge is -2.32. The highest BCUT2D eigenvalue weighted by atomic mass is 35.5. The second kappa shape index (κ2) is 15.5. The minimum atomic E-state index is -0.845. The number of carboxylic acid groups (broad SMARTS) is 1. The monoisotopic (exact) mass is 818 g/mol. The molecule has 2 bridgehead atoms. The van der Waals surface area contributed by atoms with Crippen LogP contribution in [0.15, 0.2) is 36.4 Å². The van der Waals surface area contributed by atoms with Crippen molar-refractivity contribution in [2.75, 3.05) is 43.4 Å². The van der Waals surface area contributed by atoms with E-state index in [1.165, 1.54) is 0 Å². The number of carboxylic acids is 1. The van der Waals surface area contributed by atoms with E-state index in [4.69, 9.17) is 28.2 Å². The van der Waals surface area contributed by atoms with Gasteiger partial charge in [-0.25, -0.2) is 9.97 Å². The standard InChI is InChI=1S/C41H48Cl2N8O6/c1-48-31-9-16-50(18-15-40-11-13-41(23-40,14-12-40)39(56)57)20-29(31)44-35(48)37(54)46-27-7-3-5-25(33(27)42)26-6-4-8-28(34(26)43)47-38(55)36-45-30-21-51(19-24(53)22-52)17-10-32(30)49(36)2/h3-8,24,52-53H,9-23H2,1-2H3,(H,46,54)(H,47,55)(H,56,57)/t24-,40?,41?/m0/s1. The fourth-order valence-electron chi connectivity index (χ4n) is 9.66. The van der Waals surface area contributed by atoms with Crippen LogP contribution >= 0.6 is 23.2 Å². The Labute approximate surface area is 340 Å². The molecule has 2 aromatic heterocycles. The highest BCUT2D eigenvalue weighted by Gasteiger charge is 2.57. The van der Waals surface area contributed by atoms with E-state index in [-0.39, 0.29) is 33.7 Å². The SMILES string of the molecule is Cn1c(C(=O)Nc2cccc(-c3cccc(NC(=O)c4nc5c(n4C)CCN(C[C@H](O)CO)C5)c3Cl)c2Cl)nc2c1CCN(CCC13CCC(C(=O)O)(CC1)C3)C2. The molecular formula is C41H48Cl2N8O6. The van der Waals surface area contributed by atoms with Gasteiger partial charge < -0.3 is 35.1 Å². The molecule has 2 aliphatic heterocycles. The number of aliphatic hydroxyl groups excluding tert-OH is 2. The minimum absolute atomic E-state index is 0.124. The zero-order chi connectivity index (χ0) is 40.2. The summed E-state index contributed by atoms with van der Waals surface area (Å²) in [5.74, 6) is -0.952. The molecule has 2 fully saturated rings. The third-order valence-corrected chi connectivity index (χ3v) is 13.7. The van der Waals surface area contributed by atoms with E-state index < -0.39 is 29.3 Å². The molecule has 4 aromatic rings. The molecule has 2 saturated carbocycles. The van der Waals surface area contributed by atoms with E-state index in [0.717, 1.165) is 80.8 Å². The molecule has 57 heavy (non-hydrogen) atoms. The van der Waals surface area contributed by atoms with Gasteiger partial charge in [0.1, 0.15) is 0 Å². The Morgan fingerprint density at radius 2 is 1.32 bits per heavy atom. The number of halogens is 2. The highest BCUT2D eigenvalue weighted by Crippen LogP contribution is 2.63. The van der Waals surface area contributed by atoms with Crippen LogP contribution in [0.5, 0.6) is 0 Å². The molecule has 0 spiro atoms. The predicted molar refractivity (Wildman–Crippen MR) is 215 cm³/mol. The molecule has 0 unspecified atom stereocenters. The number of hydrogen-bond acceptors (Lipinski definition) is 9. The molecule has 5 N–H and O–H groups in total. The number of anilines is 2. The fraction of sp³-hybridized carbons (Fsp3) is 0.488. The molecule has 2 aliphatic carbocycles. The van der Waals surface area contributed by atoms with Gasteiger partial charge in [-0.2, -0.15) is 0 Å². The lowest BCUT2D eigenvalue weighted by molar-refractivity contribution is -0.148. The number of amides is 2. The smallest absolute Gasteiger partial charge is 0.309 e. The van der Waals surface area contributed by atoms with Gasteiger partial charge in [0.15, 0.2) is 11.6 Å². The number of aliphatic hydroxyl groups is 2. The first-order valence-electron chi connectivity index (χ1n) is 19.6. The van der Waals surface area contributed by atoms with Crippen molar-refractivity contribution in [2.24, 2.45) is 24.9 Å². The van der Waals surface area contributed by atoms with Crippen molar-refractivity contribution in [3.63, 3.8) is 0 Å². The van der Waals surface area contributed by atoms with Gasteiger partial charge in [-0.15, -0.1) is 0 Å². The summed E-state index contributed by atoms with van der Waals surface area (Å²) in [4.78, 5) is 53.0. The maximum Gasteiger partial charge on any atom is 0.309 e. The number of imidazole rings is 2. The zero-order valence-corrected chi connectivity index (χ0v) is 33.7.